The maximum absolute atomic E-state index is 12.4. The number of nitro groups is 1. The van der Waals surface area contributed by atoms with Crippen molar-refractivity contribution >= 4 is 29.7 Å². The second-order valence-corrected chi connectivity index (χ2v) is 6.07. The van der Waals surface area contributed by atoms with Gasteiger partial charge in [-0.05, 0) is 37.9 Å². The highest BCUT2D eigenvalue weighted by molar-refractivity contribution is 5.85. The average molecular weight is 371 g/mol. The first-order valence-electron chi connectivity index (χ1n) is 8.60. The lowest BCUT2D eigenvalue weighted by Crippen LogP contribution is -2.42. The summed E-state index contributed by atoms with van der Waals surface area (Å²) in [7, 11) is 0. The Morgan fingerprint density at radius 1 is 1.40 bits per heavy atom. The number of nitrogens with zero attached hydrogens (tertiary/aromatic N) is 2. The highest BCUT2D eigenvalue weighted by Gasteiger charge is 2.25. The number of non-ortho nitro benzene ring substituents is 1. The maximum Gasteiger partial charge on any atom is 0.269 e. The van der Waals surface area contributed by atoms with Crippen LogP contribution in [0.5, 0.6) is 0 Å². The molecule has 0 aromatic heterocycles. The van der Waals surface area contributed by atoms with Crippen molar-refractivity contribution in [1.29, 1.82) is 0 Å². The molecule has 2 rings (SSSR count). The Morgan fingerprint density at radius 2 is 2.12 bits per heavy atom. The van der Waals surface area contributed by atoms with Crippen LogP contribution in [0.1, 0.15) is 32.6 Å². The van der Waals surface area contributed by atoms with Crippen LogP contribution in [0.3, 0.4) is 0 Å². The smallest absolute Gasteiger partial charge is 0.269 e. The second-order valence-electron chi connectivity index (χ2n) is 6.07. The number of benzene rings is 1. The predicted molar refractivity (Wildman–Crippen MR) is 101 cm³/mol. The number of nitrogens with one attached hydrogen (secondary N) is 2. The van der Waals surface area contributed by atoms with Crippen LogP contribution in [0.2, 0.25) is 0 Å². The third-order valence-electron chi connectivity index (χ3n) is 4.23. The summed E-state index contributed by atoms with van der Waals surface area (Å²) in [5.41, 5.74) is 0.912. The number of halogens is 1. The Kier molecular flexibility index (Phi) is 9.23. The highest BCUT2D eigenvalue weighted by atomic mass is 35.5. The van der Waals surface area contributed by atoms with E-state index in [0.29, 0.717) is 19.0 Å². The summed E-state index contributed by atoms with van der Waals surface area (Å²) < 4.78 is 0. The second kappa shape index (κ2) is 10.9. The van der Waals surface area contributed by atoms with E-state index in [1.165, 1.54) is 12.1 Å². The molecule has 1 atom stereocenters. The molecule has 25 heavy (non-hydrogen) atoms. The molecule has 1 aliphatic heterocycles. The van der Waals surface area contributed by atoms with Gasteiger partial charge in [-0.1, -0.05) is 6.92 Å². The molecule has 1 aromatic carbocycles. The van der Waals surface area contributed by atoms with E-state index in [1.807, 2.05) is 4.90 Å². The molecule has 1 fully saturated rings. The van der Waals surface area contributed by atoms with Crippen LogP contribution in [-0.2, 0) is 4.79 Å². The lowest BCUT2D eigenvalue weighted by atomic mass is 10.1. The van der Waals surface area contributed by atoms with E-state index in [-0.39, 0.29) is 24.0 Å². The Bertz CT molecular complexity index is 547. The van der Waals surface area contributed by atoms with E-state index in [0.717, 1.165) is 44.6 Å². The molecular weight excluding hydrogens is 344 g/mol. The molecule has 8 heteroatoms. The van der Waals surface area contributed by atoms with Gasteiger partial charge >= 0.3 is 0 Å². The summed E-state index contributed by atoms with van der Waals surface area (Å²) in [5, 5.41) is 17.1. The minimum Gasteiger partial charge on any atom is -0.385 e. The van der Waals surface area contributed by atoms with Gasteiger partial charge in [-0.2, -0.15) is 0 Å². The van der Waals surface area contributed by atoms with Gasteiger partial charge in [0.05, 0.1) is 4.92 Å². The SMILES string of the molecule is CCCN(C(=O)CCCNc1ccc([N+](=O)[O-])cc1)C1CCNC1.Cl. The molecule has 0 bridgehead atoms. The number of anilines is 1. The molecule has 140 valence electrons. The zero-order valence-corrected chi connectivity index (χ0v) is 15.4. The van der Waals surface area contributed by atoms with E-state index in [4.69, 9.17) is 0 Å². The molecule has 1 heterocycles. The summed E-state index contributed by atoms with van der Waals surface area (Å²) >= 11 is 0. The van der Waals surface area contributed by atoms with Crippen LogP contribution in [0.15, 0.2) is 24.3 Å². The fraction of sp³-hybridized carbons (Fsp3) is 0.588. The predicted octanol–water partition coefficient (Wildman–Crippen LogP) is 2.81. The number of nitro benzene ring substituents is 1. The van der Waals surface area contributed by atoms with E-state index < -0.39 is 4.92 Å². The third-order valence-corrected chi connectivity index (χ3v) is 4.23. The summed E-state index contributed by atoms with van der Waals surface area (Å²) in [5.74, 6) is 0.219. The van der Waals surface area contributed by atoms with Crippen molar-refractivity contribution in [3.05, 3.63) is 34.4 Å². The number of carbonyl (C=O) groups is 1. The fourth-order valence-corrected chi connectivity index (χ4v) is 2.97. The number of amides is 1. The first-order valence-corrected chi connectivity index (χ1v) is 8.60. The van der Waals surface area contributed by atoms with Crippen molar-refractivity contribution < 1.29 is 9.72 Å². The minimum absolute atomic E-state index is 0. The van der Waals surface area contributed by atoms with Gasteiger partial charge in [0.1, 0.15) is 0 Å². The van der Waals surface area contributed by atoms with E-state index in [2.05, 4.69) is 17.6 Å². The summed E-state index contributed by atoms with van der Waals surface area (Å²) in [6.07, 6.45) is 3.28. The van der Waals surface area contributed by atoms with E-state index in [1.54, 1.807) is 12.1 Å². The van der Waals surface area contributed by atoms with Crippen molar-refractivity contribution in [1.82, 2.24) is 10.2 Å². The first kappa shape index (κ1) is 21.2. The molecule has 0 aliphatic carbocycles. The number of hydrogen-bond donors (Lipinski definition) is 2. The Morgan fingerprint density at radius 3 is 2.68 bits per heavy atom. The van der Waals surface area contributed by atoms with Crippen molar-refractivity contribution in [2.75, 3.05) is 31.5 Å². The van der Waals surface area contributed by atoms with Gasteiger partial charge in [0, 0.05) is 49.9 Å². The Hall–Kier alpha value is -1.86. The monoisotopic (exact) mass is 370 g/mol. The summed E-state index contributed by atoms with van der Waals surface area (Å²) in [6.45, 7) is 5.47. The number of hydrogen-bond acceptors (Lipinski definition) is 5. The first-order chi connectivity index (χ1) is 11.6. The van der Waals surface area contributed by atoms with Gasteiger partial charge in [0.15, 0.2) is 0 Å². The average Bonchev–Trinajstić information content (AvgIpc) is 3.11. The van der Waals surface area contributed by atoms with Crippen LogP contribution in [0, 0.1) is 10.1 Å². The van der Waals surface area contributed by atoms with Crippen LogP contribution < -0.4 is 10.6 Å². The molecule has 1 aliphatic rings. The Labute approximate surface area is 154 Å². The largest absolute Gasteiger partial charge is 0.385 e. The van der Waals surface area contributed by atoms with Gasteiger partial charge in [0.25, 0.3) is 5.69 Å². The van der Waals surface area contributed by atoms with Crippen LogP contribution in [0.4, 0.5) is 11.4 Å². The van der Waals surface area contributed by atoms with Crippen LogP contribution in [0.25, 0.3) is 0 Å². The molecule has 1 amide bonds. The third kappa shape index (κ3) is 6.51. The van der Waals surface area contributed by atoms with Crippen LogP contribution >= 0.6 is 12.4 Å². The molecular formula is C17H27ClN4O3. The molecule has 1 unspecified atom stereocenters. The molecule has 2 N–H and O–H groups in total. The van der Waals surface area contributed by atoms with Crippen molar-refractivity contribution in [2.45, 2.75) is 38.6 Å². The van der Waals surface area contributed by atoms with Gasteiger partial charge in [-0.3, -0.25) is 14.9 Å². The summed E-state index contributed by atoms with van der Waals surface area (Å²) in [6, 6.07) is 6.66. The van der Waals surface area contributed by atoms with Crippen molar-refractivity contribution in [3.8, 4) is 0 Å². The van der Waals surface area contributed by atoms with Gasteiger partial charge in [0.2, 0.25) is 5.91 Å². The van der Waals surface area contributed by atoms with Crippen molar-refractivity contribution in [2.24, 2.45) is 0 Å². The fourth-order valence-electron chi connectivity index (χ4n) is 2.97. The zero-order valence-electron chi connectivity index (χ0n) is 14.6. The summed E-state index contributed by atoms with van der Waals surface area (Å²) in [4.78, 5) is 24.7. The van der Waals surface area contributed by atoms with Gasteiger partial charge in [-0.15, -0.1) is 12.4 Å². The quantitative estimate of drug-likeness (QED) is 0.396. The molecule has 0 spiro atoms. The lowest BCUT2D eigenvalue weighted by Gasteiger charge is -2.28. The van der Waals surface area contributed by atoms with Gasteiger partial charge in [-0.25, -0.2) is 0 Å². The topological polar surface area (TPSA) is 87.5 Å². The van der Waals surface area contributed by atoms with E-state index >= 15 is 0 Å². The molecule has 7 nitrogen and oxygen atoms in total. The molecule has 1 saturated heterocycles. The number of rotatable bonds is 9. The molecule has 0 saturated carbocycles. The van der Waals surface area contributed by atoms with E-state index in [9.17, 15) is 14.9 Å². The maximum atomic E-state index is 12.4. The van der Waals surface area contributed by atoms with Gasteiger partial charge < -0.3 is 15.5 Å². The Balaban J connectivity index is 0.00000312. The van der Waals surface area contributed by atoms with Crippen LogP contribution in [-0.4, -0.2) is 48.0 Å². The molecule has 0 radical (unpaired) electrons. The highest BCUT2D eigenvalue weighted by Crippen LogP contribution is 2.16. The minimum atomic E-state index is -0.414. The zero-order chi connectivity index (χ0) is 17.4. The number of carbonyl (C=O) groups excluding carboxylic acids is 1. The molecule has 1 aromatic rings. The normalized spacial score (nSPS) is 16.1. The lowest BCUT2D eigenvalue weighted by molar-refractivity contribution is -0.384. The van der Waals surface area contributed by atoms with Crippen molar-refractivity contribution in [3.63, 3.8) is 0 Å². The standard InChI is InChI=1S/C17H26N4O3.ClH/c1-2-12-20(16-9-11-18-13-16)17(22)4-3-10-19-14-5-7-15(8-6-14)21(23)24;/h5-8,16,18-19H,2-4,9-13H2,1H3;1H.